The Labute approximate surface area is 220 Å². The lowest BCUT2D eigenvalue weighted by Crippen LogP contribution is -2.37. The number of oxazole rings is 1. The minimum atomic E-state index is -1.03. The first-order chi connectivity index (χ1) is 18.4. The minimum Gasteiger partial charge on any atom is -0.493 e. The number of aryl methyl sites for hydroxylation is 1. The molecular formula is C29H28N4O5. The van der Waals surface area contributed by atoms with Crippen LogP contribution >= 0.6 is 0 Å². The first-order valence-corrected chi connectivity index (χ1v) is 12.1. The molecule has 0 aliphatic carbocycles. The van der Waals surface area contributed by atoms with Gasteiger partial charge in [-0.25, -0.2) is 14.8 Å². The molecule has 2 N–H and O–H groups in total. The molecule has 9 heteroatoms. The molecule has 4 rings (SSSR count). The number of hydrogen-bond donors (Lipinski definition) is 2. The standard InChI is InChI=1S/C29H28N4O5/c1-19(16-27(34)26-18-30-13-14-31-26)32-25(29(35)36)17-21-8-10-23(11-9-21)37-15-12-24-20(2)38-28(33-24)22-6-4-3-5-7-22/h3-11,13-14,16,18,25,32H,12,15,17H2,1-2H3,(H,35,36)/t25-/m0/s1. The number of nitrogens with zero attached hydrogens (tertiary/aromatic N) is 3. The number of rotatable bonds is 12. The van der Waals surface area contributed by atoms with Crippen LogP contribution < -0.4 is 10.1 Å². The lowest BCUT2D eigenvalue weighted by Gasteiger charge is -2.16. The molecule has 0 aliphatic rings. The second-order valence-corrected chi connectivity index (χ2v) is 8.65. The molecule has 1 atom stereocenters. The molecule has 9 nitrogen and oxygen atoms in total. The number of ether oxygens (including phenoxy) is 1. The summed E-state index contributed by atoms with van der Waals surface area (Å²) in [6, 6.07) is 16.1. The molecule has 0 unspecified atom stereocenters. The van der Waals surface area contributed by atoms with Gasteiger partial charge in [0.1, 0.15) is 23.2 Å². The average Bonchev–Trinajstić information content (AvgIpc) is 3.30. The van der Waals surface area contributed by atoms with Crippen LogP contribution in [0.2, 0.25) is 0 Å². The normalized spacial score (nSPS) is 12.1. The van der Waals surface area contributed by atoms with Crippen LogP contribution in [0.5, 0.6) is 5.75 Å². The molecule has 2 aromatic carbocycles. The third kappa shape index (κ3) is 7.13. The van der Waals surface area contributed by atoms with Gasteiger partial charge < -0.3 is 19.6 Å². The van der Waals surface area contributed by atoms with E-state index in [0.717, 1.165) is 22.6 Å². The summed E-state index contributed by atoms with van der Waals surface area (Å²) in [5.41, 5.74) is 3.19. The number of benzene rings is 2. The van der Waals surface area contributed by atoms with Crippen LogP contribution in [0.25, 0.3) is 11.5 Å². The summed E-state index contributed by atoms with van der Waals surface area (Å²) in [7, 11) is 0. The monoisotopic (exact) mass is 512 g/mol. The van der Waals surface area contributed by atoms with Crippen molar-refractivity contribution in [1.82, 2.24) is 20.3 Å². The Hall–Kier alpha value is -4.79. The summed E-state index contributed by atoms with van der Waals surface area (Å²) in [5.74, 6) is 0.641. The Morgan fingerprint density at radius 2 is 1.87 bits per heavy atom. The first kappa shape index (κ1) is 26.3. The summed E-state index contributed by atoms with van der Waals surface area (Å²) in [5, 5.41) is 12.6. The highest BCUT2D eigenvalue weighted by molar-refractivity contribution is 6.03. The van der Waals surface area contributed by atoms with Gasteiger partial charge in [-0.3, -0.25) is 9.78 Å². The van der Waals surface area contributed by atoms with Gasteiger partial charge in [-0.2, -0.15) is 0 Å². The van der Waals surface area contributed by atoms with E-state index in [1.165, 1.54) is 24.7 Å². The molecular weight excluding hydrogens is 484 g/mol. The molecule has 2 aromatic heterocycles. The highest BCUT2D eigenvalue weighted by Gasteiger charge is 2.18. The molecule has 0 saturated carbocycles. The number of carboxylic acid groups (broad SMARTS) is 1. The van der Waals surface area contributed by atoms with E-state index in [1.54, 1.807) is 19.1 Å². The molecule has 38 heavy (non-hydrogen) atoms. The van der Waals surface area contributed by atoms with E-state index in [-0.39, 0.29) is 17.9 Å². The molecule has 0 fully saturated rings. The number of aromatic nitrogens is 3. The van der Waals surface area contributed by atoms with Crippen molar-refractivity contribution in [2.24, 2.45) is 0 Å². The highest BCUT2D eigenvalue weighted by Crippen LogP contribution is 2.22. The van der Waals surface area contributed by atoms with E-state index in [4.69, 9.17) is 9.15 Å². The highest BCUT2D eigenvalue weighted by atomic mass is 16.5. The maximum atomic E-state index is 12.3. The molecule has 0 aliphatic heterocycles. The molecule has 194 valence electrons. The molecule has 0 bridgehead atoms. The Balaban J connectivity index is 1.30. The Morgan fingerprint density at radius 3 is 2.55 bits per heavy atom. The zero-order valence-corrected chi connectivity index (χ0v) is 21.1. The summed E-state index contributed by atoms with van der Waals surface area (Å²) >= 11 is 0. The van der Waals surface area contributed by atoms with Gasteiger partial charge in [-0.1, -0.05) is 30.3 Å². The van der Waals surface area contributed by atoms with E-state index in [2.05, 4.69) is 20.3 Å². The molecule has 0 spiro atoms. The Morgan fingerprint density at radius 1 is 1.11 bits per heavy atom. The second-order valence-electron chi connectivity index (χ2n) is 8.65. The van der Waals surface area contributed by atoms with Crippen LogP contribution in [0.1, 0.15) is 34.4 Å². The van der Waals surface area contributed by atoms with Gasteiger partial charge >= 0.3 is 5.97 Å². The summed E-state index contributed by atoms with van der Waals surface area (Å²) < 4.78 is 11.7. The van der Waals surface area contributed by atoms with E-state index in [1.807, 2.05) is 49.4 Å². The Kier molecular flexibility index (Phi) is 8.61. The predicted octanol–water partition coefficient (Wildman–Crippen LogP) is 4.43. The van der Waals surface area contributed by atoms with Crippen molar-refractivity contribution in [2.45, 2.75) is 32.7 Å². The van der Waals surface area contributed by atoms with Gasteiger partial charge in [-0.05, 0) is 43.7 Å². The van der Waals surface area contributed by atoms with Crippen molar-refractivity contribution in [1.29, 1.82) is 0 Å². The number of allylic oxidation sites excluding steroid dienone is 2. The minimum absolute atomic E-state index is 0.187. The largest absolute Gasteiger partial charge is 0.493 e. The van der Waals surface area contributed by atoms with E-state index >= 15 is 0 Å². The lowest BCUT2D eigenvalue weighted by molar-refractivity contribution is -0.139. The Bertz CT molecular complexity index is 1400. The van der Waals surface area contributed by atoms with Crippen molar-refractivity contribution >= 4 is 11.8 Å². The third-order valence-corrected chi connectivity index (χ3v) is 5.75. The lowest BCUT2D eigenvalue weighted by atomic mass is 10.1. The van der Waals surface area contributed by atoms with Crippen LogP contribution in [0.15, 0.2) is 89.4 Å². The number of carboxylic acids is 1. The zero-order valence-electron chi connectivity index (χ0n) is 21.1. The third-order valence-electron chi connectivity index (χ3n) is 5.75. The molecule has 0 saturated heterocycles. The zero-order chi connectivity index (χ0) is 26.9. The van der Waals surface area contributed by atoms with Crippen molar-refractivity contribution in [2.75, 3.05) is 6.61 Å². The quantitative estimate of drug-likeness (QED) is 0.209. The van der Waals surface area contributed by atoms with Crippen LogP contribution in [0.4, 0.5) is 0 Å². The fourth-order valence-electron chi connectivity index (χ4n) is 3.80. The summed E-state index contributed by atoms with van der Waals surface area (Å²) in [6.45, 7) is 3.95. The van der Waals surface area contributed by atoms with Gasteiger partial charge in [0.15, 0.2) is 0 Å². The van der Waals surface area contributed by atoms with Gasteiger partial charge in [0.05, 0.1) is 18.5 Å². The SMILES string of the molecule is CC(=CC(=O)c1cnccn1)N[C@@H](Cc1ccc(OCCc2nc(-c3ccccc3)oc2C)cc1)C(=O)O. The smallest absolute Gasteiger partial charge is 0.326 e. The maximum Gasteiger partial charge on any atom is 0.326 e. The van der Waals surface area contributed by atoms with E-state index in [9.17, 15) is 14.7 Å². The predicted molar refractivity (Wildman–Crippen MR) is 141 cm³/mol. The van der Waals surface area contributed by atoms with Crippen LogP contribution in [-0.4, -0.2) is 44.5 Å². The number of nitrogens with one attached hydrogen (secondary N) is 1. The number of carbonyl (C=O) groups excluding carboxylic acids is 1. The van der Waals surface area contributed by atoms with Crippen LogP contribution in [-0.2, 0) is 17.6 Å². The fourth-order valence-corrected chi connectivity index (χ4v) is 3.80. The molecule has 4 aromatic rings. The van der Waals surface area contributed by atoms with E-state index < -0.39 is 12.0 Å². The van der Waals surface area contributed by atoms with E-state index in [0.29, 0.717) is 30.4 Å². The summed E-state index contributed by atoms with van der Waals surface area (Å²) in [4.78, 5) is 36.5. The summed E-state index contributed by atoms with van der Waals surface area (Å²) in [6.07, 6.45) is 6.39. The van der Waals surface area contributed by atoms with Gasteiger partial charge in [0, 0.05) is 42.6 Å². The first-order valence-electron chi connectivity index (χ1n) is 12.1. The number of ketones is 1. The van der Waals surface area contributed by atoms with Crippen LogP contribution in [0.3, 0.4) is 0 Å². The number of hydrogen-bond acceptors (Lipinski definition) is 8. The van der Waals surface area contributed by atoms with Gasteiger partial charge in [0.25, 0.3) is 0 Å². The van der Waals surface area contributed by atoms with Crippen LogP contribution in [0, 0.1) is 6.92 Å². The second kappa shape index (κ2) is 12.4. The van der Waals surface area contributed by atoms with Gasteiger partial charge in [-0.15, -0.1) is 0 Å². The van der Waals surface area contributed by atoms with Crippen molar-refractivity contribution in [3.8, 4) is 17.2 Å². The molecule has 2 heterocycles. The fraction of sp³-hybridized carbons (Fsp3) is 0.207. The molecule has 0 amide bonds. The number of aliphatic carboxylic acids is 1. The maximum absolute atomic E-state index is 12.3. The van der Waals surface area contributed by atoms with Crippen molar-refractivity contribution in [3.05, 3.63) is 108 Å². The van der Waals surface area contributed by atoms with Crippen molar-refractivity contribution in [3.63, 3.8) is 0 Å². The topological polar surface area (TPSA) is 127 Å². The number of carbonyl (C=O) groups is 2. The molecule has 0 radical (unpaired) electrons. The van der Waals surface area contributed by atoms with Gasteiger partial charge in [0.2, 0.25) is 11.7 Å². The van der Waals surface area contributed by atoms with Crippen molar-refractivity contribution < 1.29 is 23.8 Å². The average molecular weight is 513 g/mol.